The molecule has 1 fully saturated rings. The fraction of sp³-hybridized carbons (Fsp3) is 0.368. The van der Waals surface area contributed by atoms with Gasteiger partial charge in [-0.25, -0.2) is 13.1 Å². The Bertz CT molecular complexity index is 781. The minimum atomic E-state index is -3.53. The van der Waals surface area contributed by atoms with E-state index in [9.17, 15) is 8.42 Å². The number of benzene rings is 2. The van der Waals surface area contributed by atoms with Gasteiger partial charge in [0.1, 0.15) is 0 Å². The molecule has 0 unspecified atom stereocenters. The zero-order valence-corrected chi connectivity index (χ0v) is 14.7. The molecular weight excluding hydrogens is 322 g/mol. The van der Waals surface area contributed by atoms with Gasteiger partial charge in [0.05, 0.1) is 4.90 Å². The van der Waals surface area contributed by atoms with Crippen LogP contribution in [0.4, 0.5) is 0 Å². The van der Waals surface area contributed by atoms with Crippen LogP contribution in [0.1, 0.15) is 24.0 Å². The van der Waals surface area contributed by atoms with Crippen LogP contribution in [-0.4, -0.2) is 28.2 Å². The molecule has 1 saturated heterocycles. The summed E-state index contributed by atoms with van der Waals surface area (Å²) >= 11 is 0. The maximum atomic E-state index is 12.7. The van der Waals surface area contributed by atoms with Crippen molar-refractivity contribution in [2.24, 2.45) is 0 Å². The second-order valence-corrected chi connectivity index (χ2v) is 8.08. The number of ether oxygens (including phenoxy) is 1. The Balaban J connectivity index is 1.86. The molecule has 5 heteroatoms. The van der Waals surface area contributed by atoms with Crippen LogP contribution in [0.5, 0.6) is 0 Å². The van der Waals surface area contributed by atoms with Gasteiger partial charge < -0.3 is 4.74 Å². The first kappa shape index (κ1) is 17.1. The molecule has 2 aromatic rings. The molecule has 1 N–H and O–H groups in total. The smallest absolute Gasteiger partial charge is 0.240 e. The fourth-order valence-corrected chi connectivity index (χ4v) is 4.66. The first-order chi connectivity index (χ1) is 11.5. The van der Waals surface area contributed by atoms with Crippen molar-refractivity contribution in [3.63, 3.8) is 0 Å². The van der Waals surface area contributed by atoms with Crippen LogP contribution in [0.25, 0.3) is 0 Å². The van der Waals surface area contributed by atoms with Crippen molar-refractivity contribution in [1.82, 2.24) is 4.72 Å². The van der Waals surface area contributed by atoms with Crippen molar-refractivity contribution in [3.05, 3.63) is 65.7 Å². The lowest BCUT2D eigenvalue weighted by Gasteiger charge is -2.38. The first-order valence-corrected chi connectivity index (χ1v) is 9.70. The predicted octanol–water partition coefficient (Wildman–Crippen LogP) is 3.02. The Morgan fingerprint density at radius 1 is 1.00 bits per heavy atom. The van der Waals surface area contributed by atoms with Gasteiger partial charge in [-0.3, -0.25) is 0 Å². The highest BCUT2D eigenvalue weighted by atomic mass is 32.2. The molecule has 0 bridgehead atoms. The molecule has 0 amide bonds. The number of aryl methyl sites for hydroxylation is 1. The zero-order valence-electron chi connectivity index (χ0n) is 13.9. The second-order valence-electron chi connectivity index (χ2n) is 6.35. The topological polar surface area (TPSA) is 55.4 Å². The van der Waals surface area contributed by atoms with E-state index < -0.39 is 10.0 Å². The van der Waals surface area contributed by atoms with E-state index in [0.29, 0.717) is 24.7 Å². The summed E-state index contributed by atoms with van der Waals surface area (Å²) in [4.78, 5) is 0.347. The van der Waals surface area contributed by atoms with Gasteiger partial charge in [-0.15, -0.1) is 0 Å². The lowest BCUT2D eigenvalue weighted by atomic mass is 9.74. The average Bonchev–Trinajstić information content (AvgIpc) is 2.62. The standard InChI is InChI=1S/C19H23NO3S/c1-16-7-5-6-10-18(16)24(21,22)20-15-19(11-13-23-14-12-19)17-8-3-2-4-9-17/h2-10,20H,11-15H2,1H3. The molecule has 0 saturated carbocycles. The Hall–Kier alpha value is -1.69. The normalized spacial score (nSPS) is 17.5. The van der Waals surface area contributed by atoms with Crippen LogP contribution in [0.2, 0.25) is 0 Å². The summed E-state index contributed by atoms with van der Waals surface area (Å²) in [5, 5.41) is 0. The molecule has 0 spiro atoms. The van der Waals surface area contributed by atoms with E-state index >= 15 is 0 Å². The maximum absolute atomic E-state index is 12.7. The van der Waals surface area contributed by atoms with Crippen molar-refractivity contribution in [1.29, 1.82) is 0 Å². The van der Waals surface area contributed by atoms with Gasteiger partial charge in [0.2, 0.25) is 10.0 Å². The predicted molar refractivity (Wildman–Crippen MR) is 94.5 cm³/mol. The number of hydrogen-bond donors (Lipinski definition) is 1. The summed E-state index contributed by atoms with van der Waals surface area (Å²) in [6, 6.07) is 17.2. The van der Waals surface area contributed by atoms with Crippen molar-refractivity contribution in [3.8, 4) is 0 Å². The van der Waals surface area contributed by atoms with Crippen LogP contribution in [0.15, 0.2) is 59.5 Å². The molecule has 0 radical (unpaired) electrons. The van der Waals surface area contributed by atoms with E-state index in [0.717, 1.165) is 18.4 Å². The van der Waals surface area contributed by atoms with Crippen LogP contribution in [0.3, 0.4) is 0 Å². The van der Waals surface area contributed by atoms with Crippen molar-refractivity contribution >= 4 is 10.0 Å². The molecule has 0 atom stereocenters. The Labute approximate surface area is 143 Å². The van der Waals surface area contributed by atoms with Crippen molar-refractivity contribution in [2.75, 3.05) is 19.8 Å². The third-order valence-electron chi connectivity index (χ3n) is 4.82. The number of sulfonamides is 1. The molecular formula is C19H23NO3S. The second kappa shape index (κ2) is 7.05. The Morgan fingerprint density at radius 2 is 1.62 bits per heavy atom. The lowest BCUT2D eigenvalue weighted by Crippen LogP contribution is -2.44. The van der Waals surface area contributed by atoms with Gasteiger partial charge in [0.25, 0.3) is 0 Å². The highest BCUT2D eigenvalue weighted by molar-refractivity contribution is 7.89. The Morgan fingerprint density at radius 3 is 2.29 bits per heavy atom. The monoisotopic (exact) mass is 345 g/mol. The summed E-state index contributed by atoms with van der Waals surface area (Å²) in [7, 11) is -3.53. The molecule has 3 rings (SSSR count). The third kappa shape index (κ3) is 3.53. The van der Waals surface area contributed by atoms with Gasteiger partial charge in [-0.05, 0) is 37.0 Å². The summed E-state index contributed by atoms with van der Waals surface area (Å²) in [5.41, 5.74) is 1.71. The molecule has 128 valence electrons. The lowest BCUT2D eigenvalue weighted by molar-refractivity contribution is 0.0517. The minimum absolute atomic E-state index is 0.213. The van der Waals surface area contributed by atoms with Gasteiger partial charge in [0, 0.05) is 25.2 Å². The molecule has 24 heavy (non-hydrogen) atoms. The fourth-order valence-electron chi connectivity index (χ4n) is 3.29. The summed E-state index contributed by atoms with van der Waals surface area (Å²) in [5.74, 6) is 0. The number of nitrogens with one attached hydrogen (secondary N) is 1. The van der Waals surface area contributed by atoms with Crippen molar-refractivity contribution < 1.29 is 13.2 Å². The van der Waals surface area contributed by atoms with Gasteiger partial charge in [0.15, 0.2) is 0 Å². The van der Waals surface area contributed by atoms with Gasteiger partial charge in [-0.1, -0.05) is 48.5 Å². The molecule has 4 nitrogen and oxygen atoms in total. The largest absolute Gasteiger partial charge is 0.381 e. The molecule has 1 aliphatic rings. The van der Waals surface area contributed by atoms with E-state index in [1.165, 1.54) is 5.56 Å². The summed E-state index contributed by atoms with van der Waals surface area (Å²) in [6.07, 6.45) is 1.63. The highest BCUT2D eigenvalue weighted by Gasteiger charge is 2.35. The van der Waals surface area contributed by atoms with E-state index in [2.05, 4.69) is 16.9 Å². The molecule has 0 aliphatic carbocycles. The van der Waals surface area contributed by atoms with E-state index in [1.807, 2.05) is 37.3 Å². The highest BCUT2D eigenvalue weighted by Crippen LogP contribution is 2.34. The molecule has 1 aliphatic heterocycles. The van der Waals surface area contributed by atoms with Gasteiger partial charge in [-0.2, -0.15) is 0 Å². The van der Waals surface area contributed by atoms with Gasteiger partial charge >= 0.3 is 0 Å². The maximum Gasteiger partial charge on any atom is 0.240 e. The number of rotatable bonds is 5. The van der Waals surface area contributed by atoms with Crippen molar-refractivity contribution in [2.45, 2.75) is 30.1 Å². The average molecular weight is 345 g/mol. The minimum Gasteiger partial charge on any atom is -0.381 e. The van der Waals surface area contributed by atoms with E-state index in [-0.39, 0.29) is 5.41 Å². The summed E-state index contributed by atoms with van der Waals surface area (Å²) < 4.78 is 33.8. The summed E-state index contributed by atoms with van der Waals surface area (Å²) in [6.45, 7) is 3.51. The third-order valence-corrected chi connectivity index (χ3v) is 6.38. The van der Waals surface area contributed by atoms with Crippen LogP contribution in [0, 0.1) is 6.92 Å². The quantitative estimate of drug-likeness (QED) is 0.906. The SMILES string of the molecule is Cc1ccccc1S(=O)(=O)NCC1(c2ccccc2)CCOCC1. The zero-order chi connectivity index (χ0) is 17.0. The van der Waals surface area contributed by atoms with Crippen LogP contribution in [-0.2, 0) is 20.2 Å². The van der Waals surface area contributed by atoms with E-state index in [1.54, 1.807) is 12.1 Å². The molecule has 2 aromatic carbocycles. The number of hydrogen-bond acceptors (Lipinski definition) is 3. The van der Waals surface area contributed by atoms with Crippen LogP contribution >= 0.6 is 0 Å². The van der Waals surface area contributed by atoms with Crippen LogP contribution < -0.4 is 4.72 Å². The first-order valence-electron chi connectivity index (χ1n) is 8.22. The Kier molecular flexibility index (Phi) is 5.04. The van der Waals surface area contributed by atoms with E-state index in [4.69, 9.17) is 4.74 Å². The molecule has 0 aromatic heterocycles. The molecule has 1 heterocycles.